The van der Waals surface area contributed by atoms with Gasteiger partial charge in [0.05, 0.1) is 0 Å². The largest absolute Gasteiger partial charge is 0.502 e. The molecule has 0 bridgehead atoms. The van der Waals surface area contributed by atoms with Crippen molar-refractivity contribution in [2.24, 2.45) is 0 Å². The average Bonchev–Trinajstić information content (AvgIpc) is 2.18. The fourth-order valence-electron chi connectivity index (χ4n) is 0.949. The van der Waals surface area contributed by atoms with Crippen LogP contribution in [-0.2, 0) is 14.3 Å². The monoisotopic (exact) mass is 206 g/mol. The summed E-state index contributed by atoms with van der Waals surface area (Å²) in [7, 11) is 0. The van der Waals surface area contributed by atoms with Gasteiger partial charge in [0.15, 0.2) is 0 Å². The van der Waals surface area contributed by atoms with Gasteiger partial charge in [-0.2, -0.15) is 0 Å². The van der Waals surface area contributed by atoms with Gasteiger partial charge in [0.25, 0.3) is 0 Å². The SMILES string of the molecule is CC(=O)OC(=O)C(O)=Cc1ccccc1. The number of benzene rings is 1. The normalized spacial score (nSPS) is 10.9. The van der Waals surface area contributed by atoms with Crippen molar-refractivity contribution in [3.8, 4) is 0 Å². The van der Waals surface area contributed by atoms with Crippen LogP contribution in [0.4, 0.5) is 0 Å². The molecule has 1 rings (SSSR count). The van der Waals surface area contributed by atoms with E-state index >= 15 is 0 Å². The highest BCUT2D eigenvalue weighted by Gasteiger charge is 2.11. The summed E-state index contributed by atoms with van der Waals surface area (Å²) < 4.78 is 4.19. The summed E-state index contributed by atoms with van der Waals surface area (Å²) in [5.41, 5.74) is 0.649. The zero-order chi connectivity index (χ0) is 11.3. The third-order valence-electron chi connectivity index (χ3n) is 1.55. The molecule has 15 heavy (non-hydrogen) atoms. The molecule has 0 unspecified atom stereocenters. The Morgan fingerprint density at radius 3 is 2.40 bits per heavy atom. The van der Waals surface area contributed by atoms with E-state index < -0.39 is 17.7 Å². The van der Waals surface area contributed by atoms with Crippen LogP contribution < -0.4 is 0 Å². The van der Waals surface area contributed by atoms with Gasteiger partial charge < -0.3 is 9.84 Å². The number of aliphatic hydroxyl groups is 1. The molecule has 0 aliphatic rings. The molecule has 0 radical (unpaired) electrons. The topological polar surface area (TPSA) is 63.6 Å². The van der Waals surface area contributed by atoms with Gasteiger partial charge in [0.2, 0.25) is 5.76 Å². The van der Waals surface area contributed by atoms with Crippen molar-refractivity contribution >= 4 is 18.0 Å². The van der Waals surface area contributed by atoms with Gasteiger partial charge in [-0.05, 0) is 11.6 Å². The van der Waals surface area contributed by atoms with Crippen LogP contribution in [-0.4, -0.2) is 17.0 Å². The van der Waals surface area contributed by atoms with E-state index in [1.807, 2.05) is 6.07 Å². The van der Waals surface area contributed by atoms with Crippen molar-refractivity contribution in [2.45, 2.75) is 6.92 Å². The molecule has 0 amide bonds. The first-order valence-electron chi connectivity index (χ1n) is 4.28. The molecular weight excluding hydrogens is 196 g/mol. The maximum Gasteiger partial charge on any atom is 0.381 e. The Kier molecular flexibility index (Phi) is 3.62. The van der Waals surface area contributed by atoms with Gasteiger partial charge in [-0.1, -0.05) is 30.3 Å². The van der Waals surface area contributed by atoms with Crippen LogP contribution >= 0.6 is 0 Å². The first-order chi connectivity index (χ1) is 7.09. The predicted octanol–water partition coefficient (Wildman–Crippen LogP) is 1.68. The second kappa shape index (κ2) is 4.95. The third-order valence-corrected chi connectivity index (χ3v) is 1.55. The van der Waals surface area contributed by atoms with Crippen molar-refractivity contribution in [1.29, 1.82) is 0 Å². The average molecular weight is 206 g/mol. The van der Waals surface area contributed by atoms with Crippen molar-refractivity contribution in [3.05, 3.63) is 41.7 Å². The molecule has 0 saturated carbocycles. The number of hydrogen-bond donors (Lipinski definition) is 1. The van der Waals surface area contributed by atoms with Crippen molar-refractivity contribution in [1.82, 2.24) is 0 Å². The molecular formula is C11H10O4. The molecule has 0 aromatic heterocycles. The van der Waals surface area contributed by atoms with Crippen LogP contribution in [0.15, 0.2) is 36.1 Å². The van der Waals surface area contributed by atoms with Crippen LogP contribution in [0.5, 0.6) is 0 Å². The Morgan fingerprint density at radius 1 is 1.27 bits per heavy atom. The van der Waals surface area contributed by atoms with Gasteiger partial charge in [0, 0.05) is 6.92 Å². The maximum absolute atomic E-state index is 11.0. The van der Waals surface area contributed by atoms with Crippen molar-refractivity contribution in [2.75, 3.05) is 0 Å². The lowest BCUT2D eigenvalue weighted by molar-refractivity contribution is -0.156. The molecule has 78 valence electrons. The van der Waals surface area contributed by atoms with Gasteiger partial charge >= 0.3 is 11.9 Å². The maximum atomic E-state index is 11.0. The fraction of sp³-hybridized carbons (Fsp3) is 0.0909. The number of carbonyl (C=O) groups is 2. The summed E-state index contributed by atoms with van der Waals surface area (Å²) in [6.45, 7) is 1.09. The molecule has 0 aliphatic carbocycles. The quantitative estimate of drug-likeness (QED) is 0.346. The summed E-state index contributed by atoms with van der Waals surface area (Å²) in [5.74, 6) is -2.41. The number of ether oxygens (including phenoxy) is 1. The Bertz CT molecular complexity index is 392. The first kappa shape index (κ1) is 11.0. The van der Waals surface area contributed by atoms with E-state index in [-0.39, 0.29) is 0 Å². The summed E-state index contributed by atoms with van der Waals surface area (Å²) in [6.07, 6.45) is 1.23. The summed E-state index contributed by atoms with van der Waals surface area (Å²) in [6, 6.07) is 8.74. The third kappa shape index (κ3) is 3.64. The van der Waals surface area contributed by atoms with E-state index in [0.717, 1.165) is 6.92 Å². The Hall–Kier alpha value is -2.10. The molecule has 4 heteroatoms. The van der Waals surface area contributed by atoms with Gasteiger partial charge in [-0.3, -0.25) is 4.79 Å². The van der Waals surface area contributed by atoms with Gasteiger partial charge in [-0.25, -0.2) is 4.79 Å². The van der Waals surface area contributed by atoms with E-state index in [1.165, 1.54) is 6.08 Å². The highest BCUT2D eigenvalue weighted by molar-refractivity contribution is 5.97. The smallest absolute Gasteiger partial charge is 0.381 e. The fourth-order valence-corrected chi connectivity index (χ4v) is 0.949. The molecule has 0 heterocycles. The van der Waals surface area contributed by atoms with Crippen LogP contribution in [0, 0.1) is 0 Å². The Labute approximate surface area is 86.8 Å². The summed E-state index contributed by atoms with van der Waals surface area (Å²) in [4.78, 5) is 21.4. The van der Waals surface area contributed by atoms with E-state index in [1.54, 1.807) is 24.3 Å². The van der Waals surface area contributed by atoms with Crippen LogP contribution in [0.1, 0.15) is 12.5 Å². The number of aliphatic hydroxyl groups excluding tert-OH is 1. The molecule has 0 saturated heterocycles. The Balaban J connectivity index is 2.76. The van der Waals surface area contributed by atoms with Gasteiger partial charge in [-0.15, -0.1) is 0 Å². The van der Waals surface area contributed by atoms with E-state index in [4.69, 9.17) is 0 Å². The second-order valence-electron chi connectivity index (χ2n) is 2.82. The van der Waals surface area contributed by atoms with E-state index in [0.29, 0.717) is 5.56 Å². The van der Waals surface area contributed by atoms with Crippen LogP contribution in [0.25, 0.3) is 6.08 Å². The lowest BCUT2D eigenvalue weighted by Gasteiger charge is -1.98. The van der Waals surface area contributed by atoms with Crippen LogP contribution in [0.2, 0.25) is 0 Å². The van der Waals surface area contributed by atoms with E-state index in [9.17, 15) is 14.7 Å². The van der Waals surface area contributed by atoms with Crippen molar-refractivity contribution in [3.63, 3.8) is 0 Å². The van der Waals surface area contributed by atoms with Crippen LogP contribution in [0.3, 0.4) is 0 Å². The Morgan fingerprint density at radius 2 is 1.87 bits per heavy atom. The first-order valence-corrected chi connectivity index (χ1v) is 4.28. The number of carbonyl (C=O) groups excluding carboxylic acids is 2. The van der Waals surface area contributed by atoms with Crippen molar-refractivity contribution < 1.29 is 19.4 Å². The van der Waals surface area contributed by atoms with E-state index in [2.05, 4.69) is 4.74 Å². The second-order valence-corrected chi connectivity index (χ2v) is 2.82. The minimum atomic E-state index is -1.05. The molecule has 0 fully saturated rings. The number of esters is 2. The number of rotatable bonds is 2. The zero-order valence-corrected chi connectivity index (χ0v) is 8.14. The van der Waals surface area contributed by atoms with Gasteiger partial charge in [0.1, 0.15) is 0 Å². The highest BCUT2D eigenvalue weighted by atomic mass is 16.6. The molecule has 1 aromatic carbocycles. The molecule has 1 aromatic rings. The predicted molar refractivity (Wildman–Crippen MR) is 53.8 cm³/mol. The molecule has 1 N–H and O–H groups in total. The molecule has 0 atom stereocenters. The molecule has 0 spiro atoms. The minimum absolute atomic E-state index is 0.601. The minimum Gasteiger partial charge on any atom is -0.502 e. The molecule has 4 nitrogen and oxygen atoms in total. The summed E-state index contributed by atoms with van der Waals surface area (Å²) in [5, 5.41) is 9.25. The standard InChI is InChI=1S/C11H10O4/c1-8(12)15-11(14)10(13)7-9-5-3-2-4-6-9/h2-7,13H,1H3. The highest BCUT2D eigenvalue weighted by Crippen LogP contribution is 2.05. The zero-order valence-electron chi connectivity index (χ0n) is 8.14. The summed E-state index contributed by atoms with van der Waals surface area (Å²) >= 11 is 0. The lowest BCUT2D eigenvalue weighted by Crippen LogP contribution is -2.11. The lowest BCUT2D eigenvalue weighted by atomic mass is 10.2. The molecule has 0 aliphatic heterocycles. The number of hydrogen-bond acceptors (Lipinski definition) is 4.